The van der Waals surface area contributed by atoms with Gasteiger partial charge in [-0.3, -0.25) is 4.90 Å². The molecule has 1 saturated carbocycles. The van der Waals surface area contributed by atoms with E-state index in [4.69, 9.17) is 4.74 Å². The summed E-state index contributed by atoms with van der Waals surface area (Å²) in [5.41, 5.74) is 0.932. The number of piperazine rings is 1. The van der Waals surface area contributed by atoms with Crippen LogP contribution >= 0.6 is 0 Å². The molecule has 1 saturated heterocycles. The van der Waals surface area contributed by atoms with Crippen LogP contribution < -0.4 is 10.1 Å². The van der Waals surface area contributed by atoms with E-state index in [9.17, 15) is 8.78 Å². The van der Waals surface area contributed by atoms with E-state index >= 15 is 0 Å². The average Bonchev–Trinajstić information content (AvgIpc) is 2.58. The zero-order valence-corrected chi connectivity index (χ0v) is 13.5. The number of nitrogens with zero attached hydrogens (tertiary/aromatic N) is 1. The van der Waals surface area contributed by atoms with Gasteiger partial charge in [0.25, 0.3) is 0 Å². The number of para-hydroxylation sites is 1. The molecule has 2 fully saturated rings. The van der Waals surface area contributed by atoms with Crippen molar-refractivity contribution in [3.8, 4) is 5.75 Å². The molecule has 0 amide bonds. The van der Waals surface area contributed by atoms with Crippen LogP contribution in [0.4, 0.5) is 8.78 Å². The van der Waals surface area contributed by atoms with Crippen molar-refractivity contribution in [2.75, 3.05) is 26.2 Å². The summed E-state index contributed by atoms with van der Waals surface area (Å²) in [4.78, 5) is 2.46. The van der Waals surface area contributed by atoms with Crippen LogP contribution in [-0.2, 0) is 0 Å². The number of hydrogen-bond acceptors (Lipinski definition) is 3. The Bertz CT molecular complexity index is 468. The van der Waals surface area contributed by atoms with Crippen molar-refractivity contribution in [3.63, 3.8) is 0 Å². The van der Waals surface area contributed by atoms with Crippen molar-refractivity contribution < 1.29 is 13.5 Å². The molecule has 5 heteroatoms. The molecule has 128 valence electrons. The number of halogens is 2. The minimum Gasteiger partial charge on any atom is -0.434 e. The largest absolute Gasteiger partial charge is 0.434 e. The predicted octanol–water partition coefficient (Wildman–Crippen LogP) is 3.81. The Hall–Kier alpha value is -1.20. The molecule has 1 aromatic rings. The second kappa shape index (κ2) is 8.06. The number of nitrogens with one attached hydrogen (secondary N) is 1. The van der Waals surface area contributed by atoms with E-state index in [1.165, 1.54) is 32.1 Å². The fourth-order valence-electron chi connectivity index (χ4n) is 4.09. The van der Waals surface area contributed by atoms with Crippen LogP contribution in [-0.4, -0.2) is 37.7 Å². The van der Waals surface area contributed by atoms with Gasteiger partial charge in [0.05, 0.1) is 0 Å². The van der Waals surface area contributed by atoms with Crippen LogP contribution in [0.1, 0.15) is 43.7 Å². The summed E-state index contributed by atoms with van der Waals surface area (Å²) < 4.78 is 30.4. The highest BCUT2D eigenvalue weighted by Gasteiger charge is 2.33. The molecule has 3 nitrogen and oxygen atoms in total. The average molecular weight is 324 g/mol. The number of hydrogen-bond donors (Lipinski definition) is 1. The first kappa shape index (κ1) is 16.7. The lowest BCUT2D eigenvalue weighted by Crippen LogP contribution is -2.47. The molecule has 2 aliphatic rings. The minimum atomic E-state index is -2.77. The Morgan fingerprint density at radius 1 is 1.04 bits per heavy atom. The third-order valence-corrected chi connectivity index (χ3v) is 5.10. The fourth-order valence-corrected chi connectivity index (χ4v) is 4.09. The molecular formula is C18H26F2N2O. The van der Waals surface area contributed by atoms with E-state index in [0.29, 0.717) is 11.7 Å². The number of alkyl halides is 2. The lowest BCUT2D eigenvalue weighted by molar-refractivity contribution is -0.0518. The second-order valence-corrected chi connectivity index (χ2v) is 6.55. The molecule has 0 unspecified atom stereocenters. The maximum Gasteiger partial charge on any atom is 0.387 e. The topological polar surface area (TPSA) is 24.5 Å². The van der Waals surface area contributed by atoms with Gasteiger partial charge in [-0.1, -0.05) is 37.5 Å². The lowest BCUT2D eigenvalue weighted by atomic mass is 9.80. The zero-order chi connectivity index (χ0) is 16.1. The Kier molecular flexibility index (Phi) is 5.84. The first-order chi connectivity index (χ1) is 11.3. The molecule has 0 radical (unpaired) electrons. The van der Waals surface area contributed by atoms with Crippen molar-refractivity contribution in [3.05, 3.63) is 29.8 Å². The summed E-state index contributed by atoms with van der Waals surface area (Å²) in [6, 6.07) is 7.55. The second-order valence-electron chi connectivity index (χ2n) is 6.55. The SMILES string of the molecule is FC(F)Oc1ccccc1[C@H](C1CCCCC1)N1CCNCC1. The quantitative estimate of drug-likeness (QED) is 0.891. The molecule has 0 aromatic heterocycles. The third kappa shape index (κ3) is 4.21. The summed E-state index contributed by atoms with van der Waals surface area (Å²) in [5, 5.41) is 3.38. The van der Waals surface area contributed by atoms with Gasteiger partial charge in [0.1, 0.15) is 5.75 Å². The number of benzene rings is 1. The van der Waals surface area contributed by atoms with Crippen molar-refractivity contribution in [1.82, 2.24) is 10.2 Å². The van der Waals surface area contributed by atoms with Crippen LogP contribution in [0.2, 0.25) is 0 Å². The maximum atomic E-state index is 12.8. The molecule has 1 heterocycles. The van der Waals surface area contributed by atoms with Gasteiger partial charge in [0.2, 0.25) is 0 Å². The van der Waals surface area contributed by atoms with Crippen LogP contribution in [0.3, 0.4) is 0 Å². The molecule has 0 bridgehead atoms. The van der Waals surface area contributed by atoms with Gasteiger partial charge in [-0.25, -0.2) is 0 Å². The first-order valence-electron chi connectivity index (χ1n) is 8.74. The molecule has 3 rings (SSSR count). The highest BCUT2D eigenvalue weighted by molar-refractivity contribution is 5.36. The van der Waals surface area contributed by atoms with Gasteiger partial charge in [-0.2, -0.15) is 8.78 Å². The van der Waals surface area contributed by atoms with Crippen LogP contribution in [0, 0.1) is 5.92 Å². The minimum absolute atomic E-state index is 0.187. The van der Waals surface area contributed by atoms with E-state index in [1.54, 1.807) is 12.1 Å². The predicted molar refractivity (Wildman–Crippen MR) is 86.8 cm³/mol. The molecular weight excluding hydrogens is 298 g/mol. The Morgan fingerprint density at radius 2 is 1.74 bits per heavy atom. The summed E-state index contributed by atoms with van der Waals surface area (Å²) >= 11 is 0. The molecule has 1 aliphatic heterocycles. The van der Waals surface area contributed by atoms with E-state index in [-0.39, 0.29) is 6.04 Å². The maximum absolute atomic E-state index is 12.8. The van der Waals surface area contributed by atoms with Gasteiger partial charge in [0, 0.05) is 37.8 Å². The highest BCUT2D eigenvalue weighted by Crippen LogP contribution is 2.42. The molecule has 23 heavy (non-hydrogen) atoms. The third-order valence-electron chi connectivity index (χ3n) is 5.10. The van der Waals surface area contributed by atoms with Crippen LogP contribution in [0.15, 0.2) is 24.3 Å². The van der Waals surface area contributed by atoms with Gasteiger partial charge >= 0.3 is 6.61 Å². The Labute approximate surface area is 137 Å². The van der Waals surface area contributed by atoms with Crippen molar-refractivity contribution in [2.24, 2.45) is 5.92 Å². The normalized spacial score (nSPS) is 22.2. The summed E-state index contributed by atoms with van der Waals surface area (Å²) in [7, 11) is 0. The van der Waals surface area contributed by atoms with Crippen molar-refractivity contribution in [2.45, 2.75) is 44.8 Å². The van der Waals surface area contributed by atoms with E-state index < -0.39 is 6.61 Å². The van der Waals surface area contributed by atoms with E-state index in [2.05, 4.69) is 10.2 Å². The molecule has 1 aliphatic carbocycles. The summed E-state index contributed by atoms with van der Waals surface area (Å²) in [6.07, 6.45) is 6.13. The van der Waals surface area contributed by atoms with Crippen molar-refractivity contribution in [1.29, 1.82) is 0 Å². The first-order valence-corrected chi connectivity index (χ1v) is 8.74. The standard InChI is InChI=1S/C18H26F2N2O/c19-18(20)23-16-9-5-4-8-15(16)17(14-6-2-1-3-7-14)22-12-10-21-11-13-22/h4-5,8-9,14,17-18,21H,1-3,6-7,10-13H2/t17-/m0/s1. The smallest absolute Gasteiger partial charge is 0.387 e. The highest BCUT2D eigenvalue weighted by atomic mass is 19.3. The number of rotatable bonds is 5. The zero-order valence-electron chi connectivity index (χ0n) is 13.5. The summed E-state index contributed by atoms with van der Waals surface area (Å²) in [5.74, 6) is 0.876. The Morgan fingerprint density at radius 3 is 2.43 bits per heavy atom. The van der Waals surface area contributed by atoms with Crippen LogP contribution in [0.25, 0.3) is 0 Å². The van der Waals surface area contributed by atoms with Gasteiger partial charge in [-0.15, -0.1) is 0 Å². The Balaban J connectivity index is 1.90. The van der Waals surface area contributed by atoms with Gasteiger partial charge in [-0.05, 0) is 24.8 Å². The molecule has 1 aromatic carbocycles. The monoisotopic (exact) mass is 324 g/mol. The van der Waals surface area contributed by atoms with Gasteiger partial charge < -0.3 is 10.1 Å². The molecule has 0 spiro atoms. The van der Waals surface area contributed by atoms with E-state index in [1.807, 2.05) is 12.1 Å². The van der Waals surface area contributed by atoms with Gasteiger partial charge in [0.15, 0.2) is 0 Å². The molecule has 1 atom stereocenters. The van der Waals surface area contributed by atoms with Crippen LogP contribution in [0.5, 0.6) is 5.75 Å². The summed E-state index contributed by atoms with van der Waals surface area (Å²) in [6.45, 7) is 1.07. The lowest BCUT2D eigenvalue weighted by Gasteiger charge is -2.41. The van der Waals surface area contributed by atoms with E-state index in [0.717, 1.165) is 31.7 Å². The number of ether oxygens (including phenoxy) is 1. The van der Waals surface area contributed by atoms with Crippen molar-refractivity contribution >= 4 is 0 Å². The fraction of sp³-hybridized carbons (Fsp3) is 0.667. The molecule has 1 N–H and O–H groups in total.